The number of amides is 2. The summed E-state index contributed by atoms with van der Waals surface area (Å²) in [5.41, 5.74) is 0.345. The molecule has 1 aliphatic heterocycles. The Hall–Kier alpha value is -3.11. The van der Waals surface area contributed by atoms with Gasteiger partial charge in [-0.2, -0.15) is 0 Å². The molecule has 0 unspecified atom stereocenters. The van der Waals surface area contributed by atoms with Crippen LogP contribution in [0.2, 0.25) is 0 Å². The van der Waals surface area contributed by atoms with E-state index in [9.17, 15) is 32.2 Å². The second kappa shape index (κ2) is 10.3. The van der Waals surface area contributed by atoms with Gasteiger partial charge in [-0.25, -0.2) is 9.78 Å². The fourth-order valence-corrected chi connectivity index (χ4v) is 3.13. The third-order valence-electron chi connectivity index (χ3n) is 4.55. The maximum Gasteiger partial charge on any atom is 0.673 e. The van der Waals surface area contributed by atoms with Crippen molar-refractivity contribution in [2.24, 2.45) is 0 Å². The smallest absolute Gasteiger partial charge is 0.450 e. The topological polar surface area (TPSA) is 94.1 Å². The molecular weight excluding hydrogens is 423 g/mol. The largest absolute Gasteiger partial charge is 0.673 e. The number of diazo groups is 1. The Morgan fingerprint density at radius 1 is 1.23 bits per heavy atom. The zero-order valence-corrected chi connectivity index (χ0v) is 17.2. The molecule has 2 aliphatic rings. The van der Waals surface area contributed by atoms with Gasteiger partial charge in [0.15, 0.2) is 4.98 Å². The molecule has 2 amide bonds. The van der Waals surface area contributed by atoms with Crippen LogP contribution in [0, 0.1) is 5.39 Å². The van der Waals surface area contributed by atoms with Crippen molar-refractivity contribution in [1.82, 2.24) is 9.88 Å². The summed E-state index contributed by atoms with van der Waals surface area (Å²) in [6.45, 7) is 5.73. The van der Waals surface area contributed by atoms with Crippen LogP contribution < -0.4 is 9.80 Å². The predicted molar refractivity (Wildman–Crippen MR) is 106 cm³/mol. The third-order valence-corrected chi connectivity index (χ3v) is 4.55. The summed E-state index contributed by atoms with van der Waals surface area (Å²) in [6.07, 6.45) is 1.62. The highest BCUT2D eigenvalue weighted by Gasteiger charge is 2.35. The molecule has 2 heterocycles. The molecule has 9 nitrogen and oxygen atoms in total. The van der Waals surface area contributed by atoms with Gasteiger partial charge in [-0.05, 0) is 25.8 Å². The van der Waals surface area contributed by atoms with Crippen molar-refractivity contribution < 1.29 is 31.6 Å². The van der Waals surface area contributed by atoms with E-state index in [0.29, 0.717) is 50.1 Å². The first-order valence-corrected chi connectivity index (χ1v) is 9.75. The Kier molecular flexibility index (Phi) is 8.01. The molecule has 170 valence electrons. The fraction of sp³-hybridized carbons (Fsp3) is 0.588. The Bertz CT molecular complexity index is 832. The Morgan fingerprint density at radius 3 is 2.26 bits per heavy atom. The Morgan fingerprint density at radius 2 is 1.81 bits per heavy atom. The van der Waals surface area contributed by atoms with Crippen molar-refractivity contribution in [3.05, 3.63) is 17.1 Å². The highest BCUT2D eigenvalue weighted by atomic mass is 19.5. The number of hydrogen-bond donors (Lipinski definition) is 0. The van der Waals surface area contributed by atoms with Gasteiger partial charge in [0.05, 0.1) is 6.61 Å². The molecule has 3 rings (SSSR count). The Labute approximate surface area is 176 Å². The molecule has 0 spiro atoms. The van der Waals surface area contributed by atoms with Gasteiger partial charge in [0.1, 0.15) is 5.82 Å². The molecular formula is C17H23BF4N6O3. The minimum atomic E-state index is -6.00. The van der Waals surface area contributed by atoms with Crippen LogP contribution in [-0.4, -0.2) is 68.0 Å². The monoisotopic (exact) mass is 446 g/mol. The van der Waals surface area contributed by atoms with Gasteiger partial charge in [0.2, 0.25) is 17.1 Å². The molecule has 1 aromatic heterocycles. The molecule has 2 fully saturated rings. The molecule has 1 aliphatic carbocycles. The second-order valence-electron chi connectivity index (χ2n) is 6.90. The molecule has 0 aromatic carbocycles. The van der Waals surface area contributed by atoms with Crippen LogP contribution in [0.5, 0.6) is 0 Å². The number of piperazine rings is 1. The van der Waals surface area contributed by atoms with Crippen LogP contribution in [0.1, 0.15) is 26.7 Å². The van der Waals surface area contributed by atoms with Crippen LogP contribution in [0.25, 0.3) is 4.98 Å². The standard InChI is InChI=1S/C17H23N6O3.BF4/c1-3-26-17(25)22-10-8-21(9-11-22)16-14(20-18)6-7-15(19-16)23(12(2)24)13-4-5-13;2-1(3,4)5/h6-7,13H,3-5,8-11H2,1-2H3;/q+1;-1. The molecule has 31 heavy (non-hydrogen) atoms. The van der Waals surface area contributed by atoms with E-state index in [2.05, 4.69) is 9.96 Å². The number of ether oxygens (including phenoxy) is 1. The van der Waals surface area contributed by atoms with Crippen molar-refractivity contribution in [1.29, 1.82) is 5.39 Å². The van der Waals surface area contributed by atoms with Crippen molar-refractivity contribution in [3.63, 3.8) is 0 Å². The average molecular weight is 446 g/mol. The van der Waals surface area contributed by atoms with Gasteiger partial charge in [0.25, 0.3) is 0 Å². The van der Waals surface area contributed by atoms with E-state index in [4.69, 9.17) is 4.74 Å². The van der Waals surface area contributed by atoms with Gasteiger partial charge in [0, 0.05) is 45.2 Å². The maximum absolute atomic E-state index is 12.0. The highest BCUT2D eigenvalue weighted by molar-refractivity contribution is 6.50. The normalized spacial score (nSPS) is 16.0. The lowest BCUT2D eigenvalue weighted by Crippen LogP contribution is -2.49. The zero-order valence-electron chi connectivity index (χ0n) is 17.2. The molecule has 1 saturated heterocycles. The number of pyridine rings is 1. The summed E-state index contributed by atoms with van der Waals surface area (Å²) in [5.74, 6) is 1.03. The first kappa shape index (κ1) is 24.2. The van der Waals surface area contributed by atoms with Gasteiger partial charge in [-0.15, -0.1) is 0 Å². The van der Waals surface area contributed by atoms with Crippen LogP contribution in [0.3, 0.4) is 0 Å². The predicted octanol–water partition coefficient (Wildman–Crippen LogP) is 3.66. The van der Waals surface area contributed by atoms with E-state index in [1.807, 2.05) is 4.90 Å². The van der Waals surface area contributed by atoms with E-state index < -0.39 is 7.25 Å². The molecule has 14 heteroatoms. The number of hydrogen-bond acceptors (Lipinski definition) is 6. The zero-order chi connectivity index (χ0) is 23.2. The summed E-state index contributed by atoms with van der Waals surface area (Å²) in [4.78, 5) is 37.0. The molecule has 0 N–H and O–H groups in total. The number of anilines is 2. The summed E-state index contributed by atoms with van der Waals surface area (Å²) in [5, 5.41) is 9.31. The van der Waals surface area contributed by atoms with Crippen LogP contribution in [0.15, 0.2) is 12.1 Å². The molecule has 1 saturated carbocycles. The van der Waals surface area contributed by atoms with E-state index in [0.717, 1.165) is 12.8 Å². The summed E-state index contributed by atoms with van der Waals surface area (Å²) in [7, 11) is -6.00. The number of carbonyl (C=O) groups excluding carboxylic acids is 2. The van der Waals surface area contributed by atoms with Crippen LogP contribution in [0.4, 0.5) is 39.4 Å². The highest BCUT2D eigenvalue weighted by Crippen LogP contribution is 2.35. The van der Waals surface area contributed by atoms with Crippen molar-refractivity contribution >= 4 is 36.6 Å². The van der Waals surface area contributed by atoms with Crippen molar-refractivity contribution in [2.75, 3.05) is 42.6 Å². The summed E-state index contributed by atoms with van der Waals surface area (Å²) in [6, 6.07) is 3.56. The summed E-state index contributed by atoms with van der Waals surface area (Å²) < 4.78 is 44.0. The number of aromatic nitrogens is 1. The third kappa shape index (κ3) is 7.27. The van der Waals surface area contributed by atoms with Crippen molar-refractivity contribution in [2.45, 2.75) is 32.7 Å². The van der Waals surface area contributed by atoms with Crippen LogP contribution >= 0.6 is 0 Å². The molecule has 0 atom stereocenters. The number of carbonyl (C=O) groups is 2. The minimum Gasteiger partial charge on any atom is -0.450 e. The number of rotatable bonds is 4. The number of halogens is 4. The quantitative estimate of drug-likeness (QED) is 0.398. The first-order chi connectivity index (χ1) is 14.5. The van der Waals surface area contributed by atoms with E-state index in [1.165, 1.54) is 6.92 Å². The van der Waals surface area contributed by atoms with Gasteiger partial charge < -0.3 is 31.8 Å². The van der Waals surface area contributed by atoms with Crippen LogP contribution in [-0.2, 0) is 9.53 Å². The molecule has 1 aromatic rings. The Balaban J connectivity index is 0.000000614. The minimum absolute atomic E-state index is 0.0493. The number of nitrogens with zero attached hydrogens (tertiary/aromatic N) is 6. The SMILES string of the molecule is CCOC(=O)N1CCN(c2nc(N(C(C)=O)C3CC3)ccc2[N+]#N)CC1.F[B-](F)(F)F. The molecule has 0 bridgehead atoms. The lowest BCUT2D eigenvalue weighted by Gasteiger charge is -2.34. The maximum atomic E-state index is 12.0. The first-order valence-electron chi connectivity index (χ1n) is 9.75. The average Bonchev–Trinajstić information content (AvgIpc) is 3.52. The van der Waals surface area contributed by atoms with E-state index >= 15 is 0 Å². The lowest BCUT2D eigenvalue weighted by atomic mass is 10.2. The van der Waals surface area contributed by atoms with E-state index in [1.54, 1.807) is 28.9 Å². The molecule has 0 radical (unpaired) electrons. The van der Waals surface area contributed by atoms with Gasteiger partial charge in [-0.1, -0.05) is 0 Å². The lowest BCUT2D eigenvalue weighted by molar-refractivity contribution is -0.116. The van der Waals surface area contributed by atoms with E-state index in [-0.39, 0.29) is 18.0 Å². The van der Waals surface area contributed by atoms with Crippen molar-refractivity contribution in [3.8, 4) is 0 Å². The van der Waals surface area contributed by atoms with Gasteiger partial charge in [-0.3, -0.25) is 9.69 Å². The summed E-state index contributed by atoms with van der Waals surface area (Å²) >= 11 is 0. The fourth-order valence-electron chi connectivity index (χ4n) is 3.13. The second-order valence-corrected chi connectivity index (χ2v) is 6.90. The van der Waals surface area contributed by atoms with Gasteiger partial charge >= 0.3 is 19.0 Å².